The fraction of sp³-hybridized carbons (Fsp3) is 0.462. The van der Waals surface area contributed by atoms with Crippen molar-refractivity contribution in [1.29, 1.82) is 0 Å². The summed E-state index contributed by atoms with van der Waals surface area (Å²) in [5.41, 5.74) is 0. The minimum atomic E-state index is -0.495. The zero-order valence-electron chi connectivity index (χ0n) is 10.8. The van der Waals surface area contributed by atoms with E-state index in [0.29, 0.717) is 19.6 Å². The molecule has 0 radical (unpaired) electrons. The predicted octanol–water partition coefficient (Wildman–Crippen LogP) is 0.323. The van der Waals surface area contributed by atoms with Gasteiger partial charge >= 0.3 is 0 Å². The first kappa shape index (κ1) is 16.7. The lowest BCUT2D eigenvalue weighted by molar-refractivity contribution is -0.123. The molecule has 0 spiro atoms. The molecule has 1 aromatic carbocycles. The van der Waals surface area contributed by atoms with E-state index in [4.69, 9.17) is 4.74 Å². The molecule has 2 unspecified atom stereocenters. The Balaban J connectivity index is 0.00000200. The topological polar surface area (TPSA) is 70.6 Å². The van der Waals surface area contributed by atoms with Gasteiger partial charge < -0.3 is 20.5 Å². The minimum Gasteiger partial charge on any atom is -0.481 e. The lowest BCUT2D eigenvalue weighted by Gasteiger charge is -2.14. The Morgan fingerprint density at radius 2 is 2.20 bits per heavy atom. The van der Waals surface area contributed by atoms with Crippen molar-refractivity contribution in [3.63, 3.8) is 0 Å². The smallest absolute Gasteiger partial charge is 0.257 e. The van der Waals surface area contributed by atoms with Gasteiger partial charge in [-0.05, 0) is 12.1 Å². The SMILES string of the molecule is Cl.O=C(COc1ccccc1F)NCC1CNCC1O. The maximum atomic E-state index is 13.2. The Morgan fingerprint density at radius 1 is 1.45 bits per heavy atom. The van der Waals surface area contributed by atoms with Crippen molar-refractivity contribution in [3.8, 4) is 5.75 Å². The molecule has 1 saturated heterocycles. The number of hydrogen-bond donors (Lipinski definition) is 3. The molecule has 0 bridgehead atoms. The van der Waals surface area contributed by atoms with E-state index in [9.17, 15) is 14.3 Å². The van der Waals surface area contributed by atoms with Crippen LogP contribution < -0.4 is 15.4 Å². The molecule has 112 valence electrons. The van der Waals surface area contributed by atoms with Crippen LogP contribution in [0.4, 0.5) is 4.39 Å². The standard InChI is InChI=1S/C13H17FN2O3.ClH/c14-10-3-1-2-4-12(10)19-8-13(18)16-6-9-5-15-7-11(9)17;/h1-4,9,11,15,17H,5-8H2,(H,16,18);1H. The van der Waals surface area contributed by atoms with Gasteiger partial charge in [0.2, 0.25) is 0 Å². The molecule has 2 rings (SSSR count). The molecule has 2 atom stereocenters. The van der Waals surface area contributed by atoms with Crippen LogP contribution in [-0.2, 0) is 4.79 Å². The summed E-state index contributed by atoms with van der Waals surface area (Å²) in [5, 5.41) is 15.2. The number of rotatable bonds is 5. The third-order valence-electron chi connectivity index (χ3n) is 3.06. The lowest BCUT2D eigenvalue weighted by atomic mass is 10.1. The van der Waals surface area contributed by atoms with Crippen molar-refractivity contribution in [1.82, 2.24) is 10.6 Å². The van der Waals surface area contributed by atoms with E-state index < -0.39 is 11.9 Å². The van der Waals surface area contributed by atoms with Crippen molar-refractivity contribution < 1.29 is 19.0 Å². The number of halogens is 2. The van der Waals surface area contributed by atoms with Gasteiger partial charge in [-0.25, -0.2) is 4.39 Å². The summed E-state index contributed by atoms with van der Waals surface area (Å²) in [7, 11) is 0. The van der Waals surface area contributed by atoms with E-state index in [0.717, 1.165) is 0 Å². The maximum Gasteiger partial charge on any atom is 0.257 e. The highest BCUT2D eigenvalue weighted by Gasteiger charge is 2.24. The van der Waals surface area contributed by atoms with Crippen molar-refractivity contribution in [2.45, 2.75) is 6.10 Å². The second-order valence-electron chi connectivity index (χ2n) is 4.51. The fourth-order valence-corrected chi connectivity index (χ4v) is 1.93. The third-order valence-corrected chi connectivity index (χ3v) is 3.06. The minimum absolute atomic E-state index is 0. The quantitative estimate of drug-likeness (QED) is 0.733. The summed E-state index contributed by atoms with van der Waals surface area (Å²) in [6, 6.07) is 5.93. The summed E-state index contributed by atoms with van der Waals surface area (Å²) in [5.74, 6) is -0.759. The van der Waals surface area contributed by atoms with E-state index in [1.807, 2.05) is 0 Å². The number of amides is 1. The van der Waals surface area contributed by atoms with Gasteiger partial charge in [0, 0.05) is 25.6 Å². The molecule has 1 heterocycles. The Morgan fingerprint density at radius 3 is 2.85 bits per heavy atom. The molecule has 5 nitrogen and oxygen atoms in total. The summed E-state index contributed by atoms with van der Waals surface area (Å²) in [4.78, 5) is 11.5. The summed E-state index contributed by atoms with van der Waals surface area (Å²) >= 11 is 0. The summed E-state index contributed by atoms with van der Waals surface area (Å²) < 4.78 is 18.3. The molecule has 1 aliphatic rings. The zero-order chi connectivity index (χ0) is 13.7. The normalized spacial score (nSPS) is 21.1. The van der Waals surface area contributed by atoms with Crippen LogP contribution in [0.3, 0.4) is 0 Å². The Bertz CT molecular complexity index is 447. The van der Waals surface area contributed by atoms with E-state index >= 15 is 0 Å². The molecule has 0 aliphatic carbocycles. The van der Waals surface area contributed by atoms with Crippen LogP contribution in [0.5, 0.6) is 5.75 Å². The van der Waals surface area contributed by atoms with Crippen molar-refractivity contribution in [2.24, 2.45) is 5.92 Å². The van der Waals surface area contributed by atoms with E-state index in [-0.39, 0.29) is 36.6 Å². The van der Waals surface area contributed by atoms with Crippen LogP contribution in [0.2, 0.25) is 0 Å². The van der Waals surface area contributed by atoms with Crippen molar-refractivity contribution in [3.05, 3.63) is 30.1 Å². The highest BCUT2D eigenvalue weighted by Crippen LogP contribution is 2.14. The van der Waals surface area contributed by atoms with Crippen molar-refractivity contribution >= 4 is 18.3 Å². The van der Waals surface area contributed by atoms with Gasteiger partial charge in [-0.1, -0.05) is 12.1 Å². The monoisotopic (exact) mass is 304 g/mol. The van der Waals surface area contributed by atoms with Crippen LogP contribution in [0, 0.1) is 11.7 Å². The molecule has 1 fully saturated rings. The Kier molecular flexibility index (Phi) is 6.70. The number of carbonyl (C=O) groups excluding carboxylic acids is 1. The Labute approximate surface area is 122 Å². The number of hydrogen-bond acceptors (Lipinski definition) is 4. The number of carbonyl (C=O) groups is 1. The number of ether oxygens (including phenoxy) is 1. The molecule has 1 aromatic rings. The number of benzene rings is 1. The van der Waals surface area contributed by atoms with Crippen molar-refractivity contribution in [2.75, 3.05) is 26.2 Å². The molecular weight excluding hydrogens is 287 g/mol. The van der Waals surface area contributed by atoms with Crippen LogP contribution >= 0.6 is 12.4 Å². The molecule has 7 heteroatoms. The zero-order valence-corrected chi connectivity index (χ0v) is 11.7. The highest BCUT2D eigenvalue weighted by molar-refractivity contribution is 5.85. The van der Waals surface area contributed by atoms with E-state index in [1.165, 1.54) is 12.1 Å². The second kappa shape index (κ2) is 8.04. The molecule has 1 amide bonds. The van der Waals surface area contributed by atoms with Crippen LogP contribution in [-0.4, -0.2) is 43.4 Å². The number of β-amino-alcohol motifs (C(OH)–C–C–N with tert-alkyl or cyclic N) is 1. The van der Waals surface area contributed by atoms with E-state index in [1.54, 1.807) is 12.1 Å². The van der Waals surface area contributed by atoms with Gasteiger partial charge in [0.15, 0.2) is 18.2 Å². The molecule has 3 N–H and O–H groups in total. The average molecular weight is 305 g/mol. The number of aliphatic hydroxyl groups is 1. The second-order valence-corrected chi connectivity index (χ2v) is 4.51. The Hall–Kier alpha value is -1.37. The van der Waals surface area contributed by atoms with Crippen LogP contribution in [0.25, 0.3) is 0 Å². The maximum absolute atomic E-state index is 13.2. The molecular formula is C13H18ClFN2O3. The van der Waals surface area contributed by atoms with Gasteiger partial charge in [-0.2, -0.15) is 0 Å². The van der Waals surface area contributed by atoms with Gasteiger partial charge in [0.25, 0.3) is 5.91 Å². The summed E-state index contributed by atoms with van der Waals surface area (Å²) in [6.45, 7) is 1.37. The van der Waals surface area contributed by atoms with Gasteiger partial charge in [-0.15, -0.1) is 12.4 Å². The first-order valence-corrected chi connectivity index (χ1v) is 6.19. The molecule has 20 heavy (non-hydrogen) atoms. The van der Waals surface area contributed by atoms with Crippen LogP contribution in [0.15, 0.2) is 24.3 Å². The van der Waals surface area contributed by atoms with Gasteiger partial charge in [0.05, 0.1) is 6.10 Å². The largest absolute Gasteiger partial charge is 0.481 e. The lowest BCUT2D eigenvalue weighted by Crippen LogP contribution is -2.36. The predicted molar refractivity (Wildman–Crippen MR) is 74.5 cm³/mol. The molecule has 1 aliphatic heterocycles. The third kappa shape index (κ3) is 4.63. The number of nitrogens with one attached hydrogen (secondary N) is 2. The molecule has 0 saturated carbocycles. The number of aliphatic hydroxyl groups excluding tert-OH is 1. The van der Waals surface area contributed by atoms with Gasteiger partial charge in [0.1, 0.15) is 0 Å². The number of para-hydroxylation sites is 1. The van der Waals surface area contributed by atoms with Gasteiger partial charge in [-0.3, -0.25) is 4.79 Å². The first-order valence-electron chi connectivity index (χ1n) is 6.19. The highest BCUT2D eigenvalue weighted by atomic mass is 35.5. The average Bonchev–Trinajstić information content (AvgIpc) is 2.81. The fourth-order valence-electron chi connectivity index (χ4n) is 1.93. The summed E-state index contributed by atoms with van der Waals surface area (Å²) in [6.07, 6.45) is -0.437. The first-order chi connectivity index (χ1) is 9.16. The van der Waals surface area contributed by atoms with Crippen LogP contribution in [0.1, 0.15) is 0 Å². The van der Waals surface area contributed by atoms with E-state index in [2.05, 4.69) is 10.6 Å². The molecule has 0 aromatic heterocycles.